The molecule has 0 saturated heterocycles. The predicted molar refractivity (Wildman–Crippen MR) is 65.8 cm³/mol. The van der Waals surface area contributed by atoms with Crippen LogP contribution < -0.4 is 5.73 Å². The third-order valence-electron chi connectivity index (χ3n) is 2.87. The Bertz CT molecular complexity index is 531. The van der Waals surface area contributed by atoms with E-state index in [4.69, 9.17) is 5.73 Å². The number of rotatable bonds is 3. The fourth-order valence-electron chi connectivity index (χ4n) is 1.92. The Morgan fingerprint density at radius 3 is 2.88 bits per heavy atom. The van der Waals surface area contributed by atoms with E-state index in [0.717, 1.165) is 17.7 Å². The second kappa shape index (κ2) is 4.64. The molecule has 0 aromatic carbocycles. The molecule has 0 atom stereocenters. The van der Waals surface area contributed by atoms with Crippen molar-refractivity contribution in [2.75, 3.05) is 13.1 Å². The number of nitrogens with zero attached hydrogens (tertiary/aromatic N) is 1. The van der Waals surface area contributed by atoms with Crippen LogP contribution in [0.1, 0.15) is 19.0 Å². The standard InChI is InChI=1S/C11H17N3O2S/c1-9-3-2-4-14(8-9)17(15,16)11-5-10(6-12)13-7-11/h3,5,7,13H,2,4,6,8,12H2,1H3. The summed E-state index contributed by atoms with van der Waals surface area (Å²) in [7, 11) is -3.38. The summed E-state index contributed by atoms with van der Waals surface area (Å²) in [6.07, 6.45) is 4.36. The van der Waals surface area contributed by atoms with Gasteiger partial charge in [-0.05, 0) is 19.4 Å². The molecule has 1 aliphatic heterocycles. The maximum atomic E-state index is 12.3. The van der Waals surface area contributed by atoms with Gasteiger partial charge in [0.25, 0.3) is 0 Å². The van der Waals surface area contributed by atoms with Crippen LogP contribution in [0, 0.1) is 0 Å². The van der Waals surface area contributed by atoms with Gasteiger partial charge in [0.15, 0.2) is 0 Å². The number of aromatic nitrogens is 1. The number of nitrogens with one attached hydrogen (secondary N) is 1. The maximum absolute atomic E-state index is 12.3. The van der Waals surface area contributed by atoms with Gasteiger partial charge in [-0.25, -0.2) is 8.42 Å². The normalized spacial score (nSPS) is 18.1. The van der Waals surface area contributed by atoms with Gasteiger partial charge in [0.1, 0.15) is 0 Å². The van der Waals surface area contributed by atoms with Gasteiger partial charge in [0, 0.05) is 31.5 Å². The molecule has 0 amide bonds. The summed E-state index contributed by atoms with van der Waals surface area (Å²) >= 11 is 0. The van der Waals surface area contributed by atoms with Crippen molar-refractivity contribution in [3.05, 3.63) is 29.6 Å². The van der Waals surface area contributed by atoms with Crippen LogP contribution in [0.15, 0.2) is 28.8 Å². The molecule has 2 heterocycles. The van der Waals surface area contributed by atoms with Gasteiger partial charge in [-0.1, -0.05) is 11.6 Å². The van der Waals surface area contributed by atoms with E-state index < -0.39 is 10.0 Å². The third-order valence-corrected chi connectivity index (χ3v) is 4.69. The van der Waals surface area contributed by atoms with Crippen molar-refractivity contribution in [3.8, 4) is 0 Å². The second-order valence-electron chi connectivity index (χ2n) is 4.24. The summed E-state index contributed by atoms with van der Waals surface area (Å²) in [6, 6.07) is 1.60. The molecule has 5 nitrogen and oxygen atoms in total. The molecule has 0 saturated carbocycles. The van der Waals surface area contributed by atoms with Gasteiger partial charge in [-0.15, -0.1) is 0 Å². The van der Waals surface area contributed by atoms with Crippen molar-refractivity contribution < 1.29 is 8.42 Å². The van der Waals surface area contributed by atoms with Crippen LogP contribution in [0.5, 0.6) is 0 Å². The Labute approximate surface area is 101 Å². The summed E-state index contributed by atoms with van der Waals surface area (Å²) in [4.78, 5) is 3.17. The van der Waals surface area contributed by atoms with Gasteiger partial charge in [0.05, 0.1) is 4.90 Å². The number of H-pyrrole nitrogens is 1. The second-order valence-corrected chi connectivity index (χ2v) is 6.18. The lowest BCUT2D eigenvalue weighted by atomic mass is 10.2. The van der Waals surface area contributed by atoms with Crippen molar-refractivity contribution >= 4 is 10.0 Å². The quantitative estimate of drug-likeness (QED) is 0.785. The zero-order valence-corrected chi connectivity index (χ0v) is 10.6. The Morgan fingerprint density at radius 1 is 1.53 bits per heavy atom. The van der Waals surface area contributed by atoms with Crippen LogP contribution in [0.4, 0.5) is 0 Å². The molecule has 0 radical (unpaired) electrons. The molecule has 1 aromatic heterocycles. The Kier molecular flexibility index (Phi) is 3.37. The molecule has 0 bridgehead atoms. The minimum absolute atomic E-state index is 0.299. The highest BCUT2D eigenvalue weighted by Gasteiger charge is 2.26. The highest BCUT2D eigenvalue weighted by atomic mass is 32.2. The van der Waals surface area contributed by atoms with Crippen LogP contribution in [-0.4, -0.2) is 30.8 Å². The highest BCUT2D eigenvalue weighted by Crippen LogP contribution is 2.20. The van der Waals surface area contributed by atoms with Crippen molar-refractivity contribution in [1.82, 2.24) is 9.29 Å². The first-order valence-corrected chi connectivity index (χ1v) is 7.01. The van der Waals surface area contributed by atoms with E-state index in [2.05, 4.69) is 11.1 Å². The number of sulfonamides is 1. The van der Waals surface area contributed by atoms with E-state index in [1.165, 1.54) is 10.5 Å². The topological polar surface area (TPSA) is 79.2 Å². The van der Waals surface area contributed by atoms with Gasteiger partial charge >= 0.3 is 0 Å². The van der Waals surface area contributed by atoms with Gasteiger partial charge in [-0.2, -0.15) is 4.31 Å². The Balaban J connectivity index is 2.27. The van der Waals surface area contributed by atoms with E-state index in [1.807, 2.05) is 6.92 Å². The van der Waals surface area contributed by atoms with Crippen LogP contribution in [0.25, 0.3) is 0 Å². The first kappa shape index (κ1) is 12.3. The van der Waals surface area contributed by atoms with E-state index in [-0.39, 0.29) is 0 Å². The molecule has 0 spiro atoms. The summed E-state index contributed by atoms with van der Waals surface area (Å²) in [6.45, 7) is 3.28. The van der Waals surface area contributed by atoms with Crippen molar-refractivity contribution in [3.63, 3.8) is 0 Å². The first-order valence-electron chi connectivity index (χ1n) is 5.57. The first-order chi connectivity index (χ1) is 8.04. The van der Waals surface area contributed by atoms with Crippen LogP contribution in [0.3, 0.4) is 0 Å². The zero-order valence-electron chi connectivity index (χ0n) is 9.81. The zero-order chi connectivity index (χ0) is 12.5. The summed E-state index contributed by atoms with van der Waals surface area (Å²) in [5, 5.41) is 0. The average molecular weight is 255 g/mol. The fourth-order valence-corrected chi connectivity index (χ4v) is 3.43. The molecule has 2 rings (SSSR count). The predicted octanol–water partition coefficient (Wildman–Crippen LogP) is 0.814. The lowest BCUT2D eigenvalue weighted by Crippen LogP contribution is -2.35. The van der Waals surface area contributed by atoms with Crippen LogP contribution >= 0.6 is 0 Å². The number of aromatic amines is 1. The number of hydrogen-bond acceptors (Lipinski definition) is 3. The fraction of sp³-hybridized carbons (Fsp3) is 0.455. The van der Waals surface area contributed by atoms with E-state index in [1.54, 1.807) is 6.07 Å². The van der Waals surface area contributed by atoms with Gasteiger partial charge in [0.2, 0.25) is 10.0 Å². The van der Waals surface area contributed by atoms with E-state index in [9.17, 15) is 8.42 Å². The summed E-state index contributed by atoms with van der Waals surface area (Å²) < 4.78 is 26.1. The summed E-state index contributed by atoms with van der Waals surface area (Å²) in [5.41, 5.74) is 7.28. The van der Waals surface area contributed by atoms with E-state index in [0.29, 0.717) is 24.5 Å². The minimum atomic E-state index is -3.38. The lowest BCUT2D eigenvalue weighted by Gasteiger charge is -2.24. The number of hydrogen-bond donors (Lipinski definition) is 2. The summed E-state index contributed by atoms with van der Waals surface area (Å²) in [5.74, 6) is 0. The molecule has 0 unspecified atom stereocenters. The molecule has 1 aliphatic rings. The van der Waals surface area contributed by atoms with Gasteiger partial charge < -0.3 is 10.7 Å². The Hall–Kier alpha value is -1.11. The molecule has 0 aliphatic carbocycles. The molecule has 6 heteroatoms. The molecule has 94 valence electrons. The van der Waals surface area contributed by atoms with Gasteiger partial charge in [-0.3, -0.25) is 0 Å². The van der Waals surface area contributed by atoms with Crippen LogP contribution in [0.2, 0.25) is 0 Å². The molecular weight excluding hydrogens is 238 g/mol. The number of nitrogens with two attached hydrogens (primary N) is 1. The molecule has 3 N–H and O–H groups in total. The minimum Gasteiger partial charge on any atom is -0.363 e. The largest absolute Gasteiger partial charge is 0.363 e. The van der Waals surface area contributed by atoms with Crippen molar-refractivity contribution in [2.24, 2.45) is 5.73 Å². The Morgan fingerprint density at radius 2 is 2.29 bits per heavy atom. The smallest absolute Gasteiger partial charge is 0.244 e. The van der Waals surface area contributed by atoms with Crippen molar-refractivity contribution in [1.29, 1.82) is 0 Å². The van der Waals surface area contributed by atoms with Crippen molar-refractivity contribution in [2.45, 2.75) is 24.8 Å². The molecule has 0 fully saturated rings. The monoisotopic (exact) mass is 255 g/mol. The van der Waals surface area contributed by atoms with Crippen LogP contribution in [-0.2, 0) is 16.6 Å². The molecular formula is C11H17N3O2S. The lowest BCUT2D eigenvalue weighted by molar-refractivity contribution is 0.428. The SMILES string of the molecule is CC1=CCCN(S(=O)(=O)c2c[nH]c(CN)c2)C1. The third kappa shape index (κ3) is 2.43. The molecule has 17 heavy (non-hydrogen) atoms. The molecule has 1 aromatic rings. The average Bonchev–Trinajstić information content (AvgIpc) is 2.78. The highest BCUT2D eigenvalue weighted by molar-refractivity contribution is 7.89. The van der Waals surface area contributed by atoms with E-state index >= 15 is 0 Å². The maximum Gasteiger partial charge on any atom is 0.244 e.